The van der Waals surface area contributed by atoms with Gasteiger partial charge in [0.15, 0.2) is 5.65 Å². The molecule has 198 valence electrons. The number of rotatable bonds is 7. The molecule has 6 rings (SSSR count). The van der Waals surface area contributed by atoms with Crippen molar-refractivity contribution in [2.45, 2.75) is 38.3 Å². The van der Waals surface area contributed by atoms with Gasteiger partial charge in [-0.3, -0.25) is 0 Å². The van der Waals surface area contributed by atoms with Gasteiger partial charge in [-0.1, -0.05) is 12.1 Å². The van der Waals surface area contributed by atoms with Gasteiger partial charge in [0.25, 0.3) is 0 Å². The Labute approximate surface area is 223 Å². The molecule has 3 heterocycles. The number of aromatic nitrogens is 4. The quantitative estimate of drug-likeness (QED) is 0.370. The molecule has 0 bridgehead atoms. The van der Waals surface area contributed by atoms with Crippen molar-refractivity contribution in [1.29, 1.82) is 0 Å². The molecule has 9 nitrogen and oxygen atoms in total. The lowest BCUT2D eigenvalue weighted by Crippen LogP contribution is -2.36. The Morgan fingerprint density at radius 3 is 2.45 bits per heavy atom. The van der Waals surface area contributed by atoms with Crippen molar-refractivity contribution < 1.29 is 9.47 Å². The van der Waals surface area contributed by atoms with Crippen LogP contribution in [0.4, 0.5) is 17.3 Å². The standard InChI is InChI=1S/C29H35N7O2/c1-37-25-12-8-23(9-13-25)32-29-31-18-26-27(21-4-10-24(11-5-21)35-14-16-38-17-15-35)34-36(28(26)33-29)19-20-2-6-22(30)7-3-20/h4-5,8-13,18,20,22H,2-3,6-7,14-17,19,30H2,1H3,(H,31,32,33)/t20-,22-. The van der Waals surface area contributed by atoms with E-state index in [1.165, 1.54) is 5.69 Å². The van der Waals surface area contributed by atoms with Crippen molar-refractivity contribution >= 4 is 28.4 Å². The second-order valence-corrected chi connectivity index (χ2v) is 10.2. The Morgan fingerprint density at radius 2 is 1.74 bits per heavy atom. The Morgan fingerprint density at radius 1 is 1.00 bits per heavy atom. The summed E-state index contributed by atoms with van der Waals surface area (Å²) in [5.74, 6) is 1.90. The largest absolute Gasteiger partial charge is 0.497 e. The SMILES string of the molecule is COc1ccc(Nc2ncc3c(-c4ccc(N5CCOCC5)cc4)nn(C[C@H]4CC[C@H](N)CC4)c3n2)cc1. The molecular weight excluding hydrogens is 478 g/mol. The van der Waals surface area contributed by atoms with Crippen molar-refractivity contribution in [3.05, 3.63) is 54.7 Å². The summed E-state index contributed by atoms with van der Waals surface area (Å²) in [7, 11) is 1.66. The van der Waals surface area contributed by atoms with E-state index >= 15 is 0 Å². The first-order valence-corrected chi connectivity index (χ1v) is 13.5. The van der Waals surface area contributed by atoms with Crippen LogP contribution in [0.2, 0.25) is 0 Å². The van der Waals surface area contributed by atoms with Crippen LogP contribution in [-0.4, -0.2) is 59.2 Å². The third kappa shape index (κ3) is 5.30. The van der Waals surface area contributed by atoms with E-state index in [-0.39, 0.29) is 0 Å². The van der Waals surface area contributed by atoms with Crippen molar-refractivity contribution in [3.63, 3.8) is 0 Å². The molecule has 1 aliphatic carbocycles. The molecule has 2 aromatic carbocycles. The van der Waals surface area contributed by atoms with Crippen LogP contribution in [0, 0.1) is 5.92 Å². The van der Waals surface area contributed by atoms with Gasteiger partial charge < -0.3 is 25.4 Å². The topological polar surface area (TPSA) is 103 Å². The number of hydrogen-bond donors (Lipinski definition) is 2. The Hall–Kier alpha value is -3.69. The number of fused-ring (bicyclic) bond motifs is 1. The van der Waals surface area contributed by atoms with Crippen LogP contribution in [0.5, 0.6) is 5.75 Å². The van der Waals surface area contributed by atoms with Crippen LogP contribution in [0.25, 0.3) is 22.3 Å². The van der Waals surface area contributed by atoms with Crippen molar-refractivity contribution in [2.75, 3.05) is 43.6 Å². The summed E-state index contributed by atoms with van der Waals surface area (Å²) in [5, 5.41) is 9.37. The molecular formula is C29H35N7O2. The third-order valence-corrected chi connectivity index (χ3v) is 7.67. The molecule has 1 saturated carbocycles. The van der Waals surface area contributed by atoms with E-state index in [1.54, 1.807) is 7.11 Å². The molecule has 0 unspecified atom stereocenters. The summed E-state index contributed by atoms with van der Waals surface area (Å²) in [4.78, 5) is 11.9. The predicted molar refractivity (Wildman–Crippen MR) is 150 cm³/mol. The zero-order chi connectivity index (χ0) is 25.9. The maximum Gasteiger partial charge on any atom is 0.229 e. The average Bonchev–Trinajstić information content (AvgIpc) is 3.32. The number of nitrogens with one attached hydrogen (secondary N) is 1. The molecule has 38 heavy (non-hydrogen) atoms. The van der Waals surface area contributed by atoms with Crippen molar-refractivity contribution in [1.82, 2.24) is 19.7 Å². The normalized spacial score (nSPS) is 20.0. The lowest BCUT2D eigenvalue weighted by molar-refractivity contribution is 0.122. The molecule has 1 aliphatic heterocycles. The third-order valence-electron chi connectivity index (χ3n) is 7.67. The zero-order valence-electron chi connectivity index (χ0n) is 21.8. The highest BCUT2D eigenvalue weighted by molar-refractivity contribution is 5.91. The number of hydrogen-bond acceptors (Lipinski definition) is 8. The van der Waals surface area contributed by atoms with Gasteiger partial charge in [0.2, 0.25) is 5.95 Å². The molecule has 0 radical (unpaired) electrons. The number of methoxy groups -OCH3 is 1. The molecule has 0 atom stereocenters. The van der Waals surface area contributed by atoms with Gasteiger partial charge in [0, 0.05) is 48.8 Å². The number of benzene rings is 2. The molecule has 2 aromatic heterocycles. The number of ether oxygens (including phenoxy) is 2. The van der Waals surface area contributed by atoms with Crippen LogP contribution in [0.1, 0.15) is 25.7 Å². The molecule has 3 N–H and O–H groups in total. The molecule has 2 fully saturated rings. The van der Waals surface area contributed by atoms with Crippen molar-refractivity contribution in [2.24, 2.45) is 11.7 Å². The monoisotopic (exact) mass is 513 g/mol. The average molecular weight is 514 g/mol. The van der Waals surface area contributed by atoms with Gasteiger partial charge in [0.05, 0.1) is 25.7 Å². The molecule has 2 aliphatic rings. The van der Waals surface area contributed by atoms with E-state index in [9.17, 15) is 0 Å². The van der Waals surface area contributed by atoms with Crippen LogP contribution >= 0.6 is 0 Å². The fourth-order valence-electron chi connectivity index (χ4n) is 5.43. The minimum absolute atomic E-state index is 0.323. The Kier molecular flexibility index (Phi) is 7.11. The van der Waals surface area contributed by atoms with Gasteiger partial charge in [-0.05, 0) is 68.0 Å². The van der Waals surface area contributed by atoms with Crippen LogP contribution in [-0.2, 0) is 11.3 Å². The zero-order valence-corrected chi connectivity index (χ0v) is 21.8. The second kappa shape index (κ2) is 11.0. The molecule has 9 heteroatoms. The Bertz CT molecular complexity index is 1360. The highest BCUT2D eigenvalue weighted by atomic mass is 16.5. The Balaban J connectivity index is 1.32. The summed E-state index contributed by atoms with van der Waals surface area (Å²) in [6.07, 6.45) is 6.26. The van der Waals surface area contributed by atoms with Crippen LogP contribution in [0.3, 0.4) is 0 Å². The van der Waals surface area contributed by atoms with E-state index in [1.807, 2.05) is 30.5 Å². The maximum absolute atomic E-state index is 6.17. The molecule has 0 spiro atoms. The summed E-state index contributed by atoms with van der Waals surface area (Å²) in [5.41, 5.74) is 11.1. The smallest absolute Gasteiger partial charge is 0.229 e. The van der Waals surface area contributed by atoms with Gasteiger partial charge in [-0.25, -0.2) is 9.67 Å². The van der Waals surface area contributed by atoms with Gasteiger partial charge in [-0.15, -0.1) is 0 Å². The van der Waals surface area contributed by atoms with E-state index < -0.39 is 0 Å². The fourth-order valence-corrected chi connectivity index (χ4v) is 5.43. The lowest BCUT2D eigenvalue weighted by atomic mass is 9.86. The van der Waals surface area contributed by atoms with Gasteiger partial charge in [0.1, 0.15) is 11.4 Å². The predicted octanol–water partition coefficient (Wildman–Crippen LogP) is 4.60. The first kappa shape index (κ1) is 24.6. The molecule has 1 saturated heterocycles. The first-order valence-electron chi connectivity index (χ1n) is 13.5. The molecule has 0 amide bonds. The summed E-state index contributed by atoms with van der Waals surface area (Å²) in [6.45, 7) is 4.20. The summed E-state index contributed by atoms with van der Waals surface area (Å²) < 4.78 is 12.8. The number of nitrogens with two attached hydrogens (primary N) is 1. The van der Waals surface area contributed by atoms with E-state index in [0.29, 0.717) is 17.9 Å². The minimum Gasteiger partial charge on any atom is -0.497 e. The first-order chi connectivity index (χ1) is 18.7. The molecule has 4 aromatic rings. The van der Waals surface area contributed by atoms with Gasteiger partial charge in [-0.2, -0.15) is 10.1 Å². The lowest BCUT2D eigenvalue weighted by Gasteiger charge is -2.28. The van der Waals surface area contributed by atoms with E-state index in [0.717, 1.165) is 92.3 Å². The van der Waals surface area contributed by atoms with E-state index in [4.69, 9.17) is 25.3 Å². The fraction of sp³-hybridized carbons (Fsp3) is 0.414. The number of morpholine rings is 1. The van der Waals surface area contributed by atoms with Crippen LogP contribution < -0.4 is 20.7 Å². The number of nitrogens with zero attached hydrogens (tertiary/aromatic N) is 5. The number of anilines is 3. The highest BCUT2D eigenvalue weighted by Crippen LogP contribution is 2.32. The highest BCUT2D eigenvalue weighted by Gasteiger charge is 2.22. The van der Waals surface area contributed by atoms with Crippen LogP contribution in [0.15, 0.2) is 54.7 Å². The van der Waals surface area contributed by atoms with Gasteiger partial charge >= 0.3 is 0 Å². The summed E-state index contributed by atoms with van der Waals surface area (Å²) in [6, 6.07) is 16.7. The summed E-state index contributed by atoms with van der Waals surface area (Å²) >= 11 is 0. The maximum atomic E-state index is 6.17. The van der Waals surface area contributed by atoms with Crippen molar-refractivity contribution in [3.8, 4) is 17.0 Å². The minimum atomic E-state index is 0.323. The van der Waals surface area contributed by atoms with E-state index in [2.05, 4.69) is 44.1 Å². The second-order valence-electron chi connectivity index (χ2n) is 10.2.